The van der Waals surface area contributed by atoms with Gasteiger partial charge in [0.15, 0.2) is 0 Å². The first-order valence-electron chi connectivity index (χ1n) is 21.3. The Hall–Kier alpha value is -7.82. The summed E-state index contributed by atoms with van der Waals surface area (Å²) in [6.45, 7) is 0.0257. The maximum atomic E-state index is 2.57. The van der Waals surface area contributed by atoms with Crippen LogP contribution in [0, 0.1) is 0 Å². The van der Waals surface area contributed by atoms with Crippen molar-refractivity contribution in [2.75, 3.05) is 9.80 Å². The fraction of sp³-hybridized carbons (Fsp3) is 0.0175. The Balaban J connectivity index is 1.07. The van der Waals surface area contributed by atoms with Gasteiger partial charge in [0.1, 0.15) is 0 Å². The van der Waals surface area contributed by atoms with Crippen LogP contribution in [0.3, 0.4) is 0 Å². The van der Waals surface area contributed by atoms with Crippen LogP contribution < -0.4 is 26.3 Å². The standard InChI is InChI=1S/C57H36BN3/c1-59-51-25-12-10-23-47(51)56-57(59)58-50-24-11-13-26-52(50)60(35-29-31-45-41-19-4-2-15-37(41)39-17-6-8-21-43(39)48(45)33-35)53-27-14-28-54(55(53)58)61(56)36-30-32-46-42-20-5-3-16-38(42)40-18-7-9-22-44(40)49(46)34-36/h2-34H,1H3. The third kappa shape index (κ3) is 4.33. The van der Waals surface area contributed by atoms with Gasteiger partial charge in [0.2, 0.25) is 0 Å². The third-order valence-corrected chi connectivity index (χ3v) is 13.9. The van der Waals surface area contributed by atoms with Gasteiger partial charge in [-0.25, -0.2) is 0 Å². The molecule has 0 radical (unpaired) electrons. The maximum absolute atomic E-state index is 2.57. The van der Waals surface area contributed by atoms with Crippen molar-refractivity contribution < 1.29 is 0 Å². The number of anilines is 6. The van der Waals surface area contributed by atoms with E-state index in [1.54, 1.807) is 0 Å². The Kier molecular flexibility index (Phi) is 6.57. The van der Waals surface area contributed by atoms with Gasteiger partial charge in [0.25, 0.3) is 6.71 Å². The molecule has 2 aliphatic rings. The van der Waals surface area contributed by atoms with Crippen LogP contribution in [-0.2, 0) is 7.05 Å². The van der Waals surface area contributed by atoms with Gasteiger partial charge in [-0.15, -0.1) is 0 Å². The fourth-order valence-corrected chi connectivity index (χ4v) is 11.4. The molecule has 0 fully saturated rings. The molecule has 0 N–H and O–H groups in total. The van der Waals surface area contributed by atoms with Gasteiger partial charge in [-0.1, -0.05) is 152 Å². The molecule has 0 spiro atoms. The van der Waals surface area contributed by atoms with Gasteiger partial charge in [-0.2, -0.15) is 0 Å². The summed E-state index contributed by atoms with van der Waals surface area (Å²) in [7, 11) is 2.26. The number of aryl methyl sites for hydroxylation is 1. The predicted octanol–water partition coefficient (Wildman–Crippen LogP) is 13.2. The average molecular weight is 774 g/mol. The lowest BCUT2D eigenvalue weighted by atomic mass is 9.35. The van der Waals surface area contributed by atoms with Crippen LogP contribution in [-0.4, -0.2) is 11.3 Å². The number of fused-ring (bicyclic) bond motifs is 18. The highest BCUT2D eigenvalue weighted by Crippen LogP contribution is 2.48. The molecule has 61 heavy (non-hydrogen) atoms. The second kappa shape index (κ2) is 12.1. The number of hydrogen-bond donors (Lipinski definition) is 0. The molecule has 11 aromatic carbocycles. The molecule has 0 saturated carbocycles. The van der Waals surface area contributed by atoms with E-state index in [4.69, 9.17) is 0 Å². The summed E-state index contributed by atoms with van der Waals surface area (Å²) < 4.78 is 2.46. The molecule has 0 aliphatic carbocycles. The molecule has 0 bridgehead atoms. The highest BCUT2D eigenvalue weighted by Gasteiger charge is 2.45. The SMILES string of the molecule is Cn1c2c(c3ccccc31)N(c1ccc3c4ccccc4c4ccccc4c3c1)c1cccc3c1B2c1ccccc1N3c1ccc2c3ccccc3c3ccccc3c2c1. The summed E-state index contributed by atoms with van der Waals surface area (Å²) in [5.74, 6) is 0. The van der Waals surface area contributed by atoms with Gasteiger partial charge in [0, 0.05) is 52.0 Å². The summed E-state index contributed by atoms with van der Waals surface area (Å²) in [6, 6.07) is 74.8. The number of aromatic nitrogens is 1. The zero-order chi connectivity index (χ0) is 39.9. The van der Waals surface area contributed by atoms with Crippen LogP contribution in [0.4, 0.5) is 34.1 Å². The molecule has 0 atom stereocenters. The zero-order valence-electron chi connectivity index (χ0n) is 33.5. The van der Waals surface area contributed by atoms with Crippen LogP contribution in [0.25, 0.3) is 75.5 Å². The summed E-state index contributed by atoms with van der Waals surface area (Å²) in [4.78, 5) is 5.10. The van der Waals surface area contributed by atoms with Gasteiger partial charge >= 0.3 is 0 Å². The second-order valence-corrected chi connectivity index (χ2v) is 16.8. The van der Waals surface area contributed by atoms with E-state index in [1.165, 1.54) is 115 Å². The Morgan fingerprint density at radius 3 is 1.26 bits per heavy atom. The summed E-state index contributed by atoms with van der Waals surface area (Å²) in [6.07, 6.45) is 0. The van der Waals surface area contributed by atoms with Gasteiger partial charge < -0.3 is 14.4 Å². The van der Waals surface area contributed by atoms with Crippen molar-refractivity contribution in [3.63, 3.8) is 0 Å². The first kappa shape index (κ1) is 33.1. The molecule has 282 valence electrons. The molecule has 4 heteroatoms. The minimum Gasteiger partial charge on any atom is -0.353 e. The average Bonchev–Trinajstić information content (AvgIpc) is 3.62. The molecule has 0 amide bonds. The van der Waals surface area contributed by atoms with E-state index in [-0.39, 0.29) is 6.71 Å². The minimum absolute atomic E-state index is 0.0257. The Labute approximate surface area is 353 Å². The number of para-hydroxylation sites is 2. The molecule has 3 nitrogen and oxygen atoms in total. The van der Waals surface area contributed by atoms with E-state index in [9.17, 15) is 0 Å². The molecule has 14 rings (SSSR count). The maximum Gasteiger partial charge on any atom is 0.272 e. The number of hydrogen-bond acceptors (Lipinski definition) is 2. The van der Waals surface area contributed by atoms with Crippen LogP contribution >= 0.6 is 0 Å². The molecule has 0 unspecified atom stereocenters. The monoisotopic (exact) mass is 773 g/mol. The van der Waals surface area contributed by atoms with Crippen LogP contribution in [0.5, 0.6) is 0 Å². The van der Waals surface area contributed by atoms with E-state index in [0.29, 0.717) is 0 Å². The van der Waals surface area contributed by atoms with Gasteiger partial charge in [-0.3, -0.25) is 0 Å². The first-order chi connectivity index (χ1) is 30.2. The third-order valence-electron chi connectivity index (χ3n) is 13.9. The normalized spacial score (nSPS) is 13.2. The number of benzene rings is 11. The Morgan fingerprint density at radius 2 is 0.721 bits per heavy atom. The lowest BCUT2D eigenvalue weighted by Crippen LogP contribution is -2.62. The minimum atomic E-state index is 0.0257. The smallest absolute Gasteiger partial charge is 0.272 e. The molecular weight excluding hydrogens is 737 g/mol. The summed E-state index contributed by atoms with van der Waals surface area (Å²) >= 11 is 0. The van der Waals surface area contributed by atoms with Crippen molar-refractivity contribution in [2.45, 2.75) is 0 Å². The van der Waals surface area contributed by atoms with E-state index in [0.717, 1.165) is 11.4 Å². The second-order valence-electron chi connectivity index (χ2n) is 16.8. The first-order valence-corrected chi connectivity index (χ1v) is 21.3. The predicted molar refractivity (Wildman–Crippen MR) is 262 cm³/mol. The quantitative estimate of drug-likeness (QED) is 0.128. The zero-order valence-corrected chi connectivity index (χ0v) is 33.5. The highest BCUT2D eigenvalue weighted by molar-refractivity contribution is 7.00. The van der Waals surface area contributed by atoms with Crippen molar-refractivity contribution in [3.05, 3.63) is 200 Å². The molecule has 3 heterocycles. The van der Waals surface area contributed by atoms with Crippen LogP contribution in [0.2, 0.25) is 0 Å². The molecule has 0 saturated heterocycles. The molecule has 2 aliphatic heterocycles. The highest BCUT2D eigenvalue weighted by atomic mass is 15.2. The lowest BCUT2D eigenvalue weighted by molar-refractivity contribution is 0.997. The lowest BCUT2D eigenvalue weighted by Gasteiger charge is -2.43. The Bertz CT molecular complexity index is 3810. The number of rotatable bonds is 2. The van der Waals surface area contributed by atoms with Crippen molar-refractivity contribution in [3.8, 4) is 0 Å². The van der Waals surface area contributed by atoms with E-state index >= 15 is 0 Å². The van der Waals surface area contributed by atoms with E-state index in [2.05, 4.69) is 222 Å². The summed E-state index contributed by atoms with van der Waals surface area (Å²) in [5.41, 5.74) is 12.4. The van der Waals surface area contributed by atoms with Gasteiger partial charge in [0.05, 0.1) is 5.69 Å². The van der Waals surface area contributed by atoms with E-state index < -0.39 is 0 Å². The van der Waals surface area contributed by atoms with Crippen molar-refractivity contribution >= 4 is 133 Å². The van der Waals surface area contributed by atoms with Crippen LogP contribution in [0.1, 0.15) is 0 Å². The van der Waals surface area contributed by atoms with Crippen molar-refractivity contribution in [1.82, 2.24) is 4.57 Å². The van der Waals surface area contributed by atoms with Gasteiger partial charge in [-0.05, 0) is 124 Å². The van der Waals surface area contributed by atoms with E-state index in [1.807, 2.05) is 0 Å². The summed E-state index contributed by atoms with van der Waals surface area (Å²) in [5, 5.41) is 16.6. The van der Waals surface area contributed by atoms with Crippen LogP contribution in [0.15, 0.2) is 200 Å². The van der Waals surface area contributed by atoms with Crippen molar-refractivity contribution in [1.29, 1.82) is 0 Å². The molecular formula is C57H36BN3. The Morgan fingerprint density at radius 1 is 0.328 bits per heavy atom. The van der Waals surface area contributed by atoms with Crippen molar-refractivity contribution in [2.24, 2.45) is 7.05 Å². The fourth-order valence-electron chi connectivity index (χ4n) is 11.4. The number of nitrogens with zero attached hydrogens (tertiary/aromatic N) is 3. The largest absolute Gasteiger partial charge is 0.353 e. The molecule has 1 aromatic heterocycles. The molecule has 12 aromatic rings. The topological polar surface area (TPSA) is 11.4 Å².